The number of hydrogen-bond acceptors (Lipinski definition) is 4. The maximum Gasteiger partial charge on any atom is 0.354 e. The molecule has 5 heteroatoms. The van der Waals surface area contributed by atoms with Gasteiger partial charge >= 0.3 is 5.97 Å². The number of pyridine rings is 1. The normalized spacial score (nSPS) is 24.1. The monoisotopic (exact) mass is 247 g/mol. The average Bonchev–Trinajstić information content (AvgIpc) is 3.11. The highest BCUT2D eigenvalue weighted by atomic mass is 16.4. The Bertz CT molecular complexity index is 442. The van der Waals surface area contributed by atoms with E-state index in [1.165, 1.54) is 25.5 Å². The van der Waals surface area contributed by atoms with Gasteiger partial charge in [0.2, 0.25) is 0 Å². The minimum absolute atomic E-state index is 0.0894. The van der Waals surface area contributed by atoms with E-state index in [4.69, 9.17) is 5.11 Å². The number of anilines is 1. The van der Waals surface area contributed by atoms with Gasteiger partial charge in [0.25, 0.3) is 0 Å². The molecule has 0 spiro atoms. The highest BCUT2D eigenvalue weighted by Crippen LogP contribution is 2.30. The molecule has 18 heavy (non-hydrogen) atoms. The summed E-state index contributed by atoms with van der Waals surface area (Å²) in [5, 5.41) is 12.2. The quantitative estimate of drug-likeness (QED) is 0.842. The first-order valence-electron chi connectivity index (χ1n) is 6.42. The second-order valence-corrected chi connectivity index (χ2v) is 5.09. The largest absolute Gasteiger partial charge is 0.477 e. The van der Waals surface area contributed by atoms with Gasteiger partial charge < -0.3 is 10.4 Å². The molecule has 1 saturated carbocycles. The van der Waals surface area contributed by atoms with Crippen molar-refractivity contribution in [1.29, 1.82) is 0 Å². The molecule has 2 N–H and O–H groups in total. The van der Waals surface area contributed by atoms with Gasteiger partial charge in [-0.05, 0) is 31.4 Å². The average molecular weight is 247 g/mol. The molecule has 1 aliphatic carbocycles. The lowest BCUT2D eigenvalue weighted by Gasteiger charge is -2.16. The van der Waals surface area contributed by atoms with Crippen LogP contribution in [-0.4, -0.2) is 46.1 Å². The fraction of sp³-hybridized carbons (Fsp3) is 0.538. The van der Waals surface area contributed by atoms with Crippen LogP contribution in [0.4, 0.5) is 5.69 Å². The zero-order valence-corrected chi connectivity index (χ0v) is 10.2. The van der Waals surface area contributed by atoms with Crippen LogP contribution in [0.5, 0.6) is 0 Å². The predicted octanol–water partition coefficient (Wildman–Crippen LogP) is 1.43. The van der Waals surface area contributed by atoms with Crippen LogP contribution >= 0.6 is 0 Å². The number of carboxylic acids is 1. The maximum absolute atomic E-state index is 10.7. The van der Waals surface area contributed by atoms with Crippen molar-refractivity contribution in [1.82, 2.24) is 9.88 Å². The lowest BCUT2D eigenvalue weighted by atomic mass is 10.2. The van der Waals surface area contributed by atoms with Gasteiger partial charge in [-0.15, -0.1) is 0 Å². The minimum atomic E-state index is -0.984. The van der Waals surface area contributed by atoms with Gasteiger partial charge in [0.05, 0.1) is 11.9 Å². The molecule has 2 heterocycles. The van der Waals surface area contributed by atoms with Crippen LogP contribution in [0.1, 0.15) is 29.8 Å². The van der Waals surface area contributed by atoms with Gasteiger partial charge in [0.1, 0.15) is 5.69 Å². The van der Waals surface area contributed by atoms with E-state index in [9.17, 15) is 4.79 Å². The highest BCUT2D eigenvalue weighted by molar-refractivity contribution is 5.85. The molecule has 0 amide bonds. The summed E-state index contributed by atoms with van der Waals surface area (Å²) in [6.07, 6.45) is 5.45. The number of carbonyl (C=O) groups is 1. The SMILES string of the molecule is O=C(O)c1ccc(NC2CCN(C3CC3)C2)cn1. The first-order chi connectivity index (χ1) is 8.72. The smallest absolute Gasteiger partial charge is 0.354 e. The Labute approximate surface area is 106 Å². The zero-order chi connectivity index (χ0) is 12.5. The molecule has 1 atom stereocenters. The van der Waals surface area contributed by atoms with Crippen molar-refractivity contribution in [2.24, 2.45) is 0 Å². The molecule has 2 fully saturated rings. The summed E-state index contributed by atoms with van der Waals surface area (Å²) in [4.78, 5) is 17.1. The summed E-state index contributed by atoms with van der Waals surface area (Å²) < 4.78 is 0. The van der Waals surface area contributed by atoms with Crippen LogP contribution in [0.25, 0.3) is 0 Å². The molecular weight excluding hydrogens is 230 g/mol. The Morgan fingerprint density at radius 1 is 1.39 bits per heavy atom. The van der Waals surface area contributed by atoms with Crippen molar-refractivity contribution >= 4 is 11.7 Å². The molecular formula is C13H17N3O2. The second kappa shape index (κ2) is 4.57. The Morgan fingerprint density at radius 2 is 2.22 bits per heavy atom. The van der Waals surface area contributed by atoms with E-state index in [0.29, 0.717) is 6.04 Å². The molecule has 1 unspecified atom stereocenters. The van der Waals surface area contributed by atoms with Crippen molar-refractivity contribution in [3.63, 3.8) is 0 Å². The first-order valence-corrected chi connectivity index (χ1v) is 6.42. The third kappa shape index (κ3) is 2.46. The lowest BCUT2D eigenvalue weighted by molar-refractivity contribution is 0.0690. The van der Waals surface area contributed by atoms with E-state index in [1.54, 1.807) is 12.3 Å². The highest BCUT2D eigenvalue weighted by Gasteiger charge is 2.34. The van der Waals surface area contributed by atoms with E-state index >= 15 is 0 Å². The Kier molecular flexibility index (Phi) is 2.91. The maximum atomic E-state index is 10.7. The van der Waals surface area contributed by atoms with Crippen molar-refractivity contribution in [3.05, 3.63) is 24.0 Å². The number of aromatic carboxylic acids is 1. The topological polar surface area (TPSA) is 65.5 Å². The Hall–Kier alpha value is -1.62. The van der Waals surface area contributed by atoms with Crippen molar-refractivity contribution in [2.75, 3.05) is 18.4 Å². The van der Waals surface area contributed by atoms with E-state index in [1.807, 2.05) is 0 Å². The lowest BCUT2D eigenvalue weighted by Crippen LogP contribution is -2.27. The molecule has 1 aromatic rings. The van der Waals surface area contributed by atoms with Gasteiger partial charge in [-0.1, -0.05) is 0 Å². The molecule has 5 nitrogen and oxygen atoms in total. The molecule has 1 saturated heterocycles. The van der Waals surface area contributed by atoms with Crippen LogP contribution < -0.4 is 5.32 Å². The molecule has 96 valence electrons. The summed E-state index contributed by atoms with van der Waals surface area (Å²) in [7, 11) is 0. The number of nitrogens with one attached hydrogen (secondary N) is 1. The number of rotatable bonds is 4. The Balaban J connectivity index is 1.57. The van der Waals surface area contributed by atoms with Crippen LogP contribution in [0.2, 0.25) is 0 Å². The second-order valence-electron chi connectivity index (χ2n) is 5.09. The molecule has 1 aromatic heterocycles. The summed E-state index contributed by atoms with van der Waals surface area (Å²) in [5.41, 5.74) is 0.995. The predicted molar refractivity (Wildman–Crippen MR) is 67.8 cm³/mol. The van der Waals surface area contributed by atoms with E-state index in [-0.39, 0.29) is 5.69 Å². The molecule has 0 aromatic carbocycles. The zero-order valence-electron chi connectivity index (χ0n) is 10.2. The summed E-state index contributed by atoms with van der Waals surface area (Å²) in [6, 6.07) is 4.61. The number of likely N-dealkylation sites (tertiary alicyclic amines) is 1. The van der Waals surface area contributed by atoms with Crippen molar-refractivity contribution in [3.8, 4) is 0 Å². The summed E-state index contributed by atoms with van der Waals surface area (Å²) in [5.74, 6) is -0.984. The minimum Gasteiger partial charge on any atom is -0.477 e. The molecule has 2 aliphatic rings. The van der Waals surface area contributed by atoms with E-state index < -0.39 is 5.97 Å². The number of nitrogens with zero attached hydrogens (tertiary/aromatic N) is 2. The fourth-order valence-corrected chi connectivity index (χ4v) is 2.52. The molecule has 0 radical (unpaired) electrons. The van der Waals surface area contributed by atoms with Crippen molar-refractivity contribution < 1.29 is 9.90 Å². The Morgan fingerprint density at radius 3 is 2.83 bits per heavy atom. The summed E-state index contributed by atoms with van der Waals surface area (Å²) in [6.45, 7) is 2.26. The number of hydrogen-bond donors (Lipinski definition) is 2. The van der Waals surface area contributed by atoms with Gasteiger partial charge in [-0.3, -0.25) is 4.90 Å². The van der Waals surface area contributed by atoms with Gasteiger partial charge in [0.15, 0.2) is 0 Å². The van der Waals surface area contributed by atoms with Gasteiger partial charge in [-0.25, -0.2) is 9.78 Å². The van der Waals surface area contributed by atoms with Crippen LogP contribution in [-0.2, 0) is 0 Å². The summed E-state index contributed by atoms with van der Waals surface area (Å²) >= 11 is 0. The standard InChI is InChI=1S/C13H17N3O2/c17-13(18)12-4-1-9(7-14-12)15-10-5-6-16(8-10)11-2-3-11/h1,4,7,10-11,15H,2-3,5-6,8H2,(H,17,18). The van der Waals surface area contributed by atoms with E-state index in [0.717, 1.165) is 24.7 Å². The third-order valence-electron chi connectivity index (χ3n) is 3.64. The number of carboxylic acid groups (broad SMARTS) is 1. The third-order valence-corrected chi connectivity index (χ3v) is 3.64. The first kappa shape index (κ1) is 11.5. The van der Waals surface area contributed by atoms with Crippen molar-refractivity contribution in [2.45, 2.75) is 31.3 Å². The molecule has 1 aliphatic heterocycles. The van der Waals surface area contributed by atoms with Crippen LogP contribution in [0.15, 0.2) is 18.3 Å². The van der Waals surface area contributed by atoms with Crippen LogP contribution in [0, 0.1) is 0 Å². The van der Waals surface area contributed by atoms with Crippen LogP contribution in [0.3, 0.4) is 0 Å². The molecule has 3 rings (SSSR count). The van der Waals surface area contributed by atoms with E-state index in [2.05, 4.69) is 15.2 Å². The van der Waals surface area contributed by atoms with Gasteiger partial charge in [-0.2, -0.15) is 0 Å². The molecule has 0 bridgehead atoms. The number of aromatic nitrogens is 1. The fourth-order valence-electron chi connectivity index (χ4n) is 2.52. The van der Waals surface area contributed by atoms with Gasteiger partial charge in [0, 0.05) is 25.2 Å².